The first kappa shape index (κ1) is 12.3. The standard InChI is InChI=1S/C13H27N3/c1-11-9-13(10-15(11)2)16-7-4-12(3-6-14)5-8-16/h11-13H,3-10,14H2,1-2H3. The van der Waals surface area contributed by atoms with Crippen molar-refractivity contribution in [2.75, 3.05) is 33.2 Å². The Bertz CT molecular complexity index is 201. The number of likely N-dealkylation sites (tertiary alicyclic amines) is 2. The van der Waals surface area contributed by atoms with Crippen molar-refractivity contribution < 1.29 is 0 Å². The molecule has 2 saturated heterocycles. The first-order valence-electron chi connectivity index (χ1n) is 6.85. The van der Waals surface area contributed by atoms with Crippen molar-refractivity contribution >= 4 is 0 Å². The zero-order valence-corrected chi connectivity index (χ0v) is 10.9. The van der Waals surface area contributed by atoms with Crippen LogP contribution in [0.1, 0.15) is 32.6 Å². The van der Waals surface area contributed by atoms with Crippen molar-refractivity contribution in [3.05, 3.63) is 0 Å². The Morgan fingerprint density at radius 2 is 1.94 bits per heavy atom. The molecule has 0 radical (unpaired) electrons. The number of hydrogen-bond acceptors (Lipinski definition) is 3. The van der Waals surface area contributed by atoms with Gasteiger partial charge in [-0.3, -0.25) is 4.90 Å². The Morgan fingerprint density at radius 3 is 2.44 bits per heavy atom. The highest BCUT2D eigenvalue weighted by atomic mass is 15.3. The van der Waals surface area contributed by atoms with Crippen LogP contribution in [-0.4, -0.2) is 55.1 Å². The molecule has 0 aliphatic carbocycles. The fraction of sp³-hybridized carbons (Fsp3) is 1.00. The third-order valence-corrected chi connectivity index (χ3v) is 4.60. The van der Waals surface area contributed by atoms with Gasteiger partial charge in [0.1, 0.15) is 0 Å². The molecule has 2 fully saturated rings. The van der Waals surface area contributed by atoms with Crippen molar-refractivity contribution in [2.45, 2.75) is 44.7 Å². The lowest BCUT2D eigenvalue weighted by Gasteiger charge is -2.35. The van der Waals surface area contributed by atoms with E-state index in [0.29, 0.717) is 0 Å². The van der Waals surface area contributed by atoms with Gasteiger partial charge in [-0.15, -0.1) is 0 Å². The fourth-order valence-electron chi connectivity index (χ4n) is 3.27. The monoisotopic (exact) mass is 225 g/mol. The van der Waals surface area contributed by atoms with E-state index >= 15 is 0 Å². The second-order valence-electron chi connectivity index (χ2n) is 5.73. The van der Waals surface area contributed by atoms with E-state index in [2.05, 4.69) is 23.8 Å². The Kier molecular flexibility index (Phi) is 4.22. The van der Waals surface area contributed by atoms with Crippen LogP contribution in [0.25, 0.3) is 0 Å². The van der Waals surface area contributed by atoms with E-state index in [1.54, 1.807) is 0 Å². The smallest absolute Gasteiger partial charge is 0.0237 e. The summed E-state index contributed by atoms with van der Waals surface area (Å²) < 4.78 is 0. The number of nitrogens with zero attached hydrogens (tertiary/aromatic N) is 2. The predicted molar refractivity (Wildman–Crippen MR) is 68.5 cm³/mol. The van der Waals surface area contributed by atoms with Gasteiger partial charge in [-0.05, 0) is 65.2 Å². The molecular weight excluding hydrogens is 198 g/mol. The van der Waals surface area contributed by atoms with Crippen molar-refractivity contribution in [3.63, 3.8) is 0 Å². The Morgan fingerprint density at radius 1 is 1.25 bits per heavy atom. The minimum absolute atomic E-state index is 0.770. The molecule has 0 aromatic rings. The van der Waals surface area contributed by atoms with Crippen LogP contribution in [0.5, 0.6) is 0 Å². The first-order chi connectivity index (χ1) is 7.70. The summed E-state index contributed by atoms with van der Waals surface area (Å²) in [5, 5.41) is 0. The molecule has 3 heteroatoms. The minimum atomic E-state index is 0.770. The molecule has 2 atom stereocenters. The lowest BCUT2D eigenvalue weighted by molar-refractivity contribution is 0.132. The van der Waals surface area contributed by atoms with E-state index in [9.17, 15) is 0 Å². The molecule has 2 aliphatic rings. The largest absolute Gasteiger partial charge is 0.330 e. The molecule has 2 heterocycles. The van der Waals surface area contributed by atoms with Gasteiger partial charge >= 0.3 is 0 Å². The lowest BCUT2D eigenvalue weighted by Crippen LogP contribution is -2.42. The normalized spacial score (nSPS) is 34.7. The summed E-state index contributed by atoms with van der Waals surface area (Å²) in [6, 6.07) is 1.59. The predicted octanol–water partition coefficient (Wildman–Crippen LogP) is 1.14. The third-order valence-electron chi connectivity index (χ3n) is 4.60. The van der Waals surface area contributed by atoms with E-state index < -0.39 is 0 Å². The van der Waals surface area contributed by atoms with Crippen LogP contribution in [0.2, 0.25) is 0 Å². The second kappa shape index (κ2) is 5.48. The molecule has 0 saturated carbocycles. The van der Waals surface area contributed by atoms with Crippen LogP contribution in [-0.2, 0) is 0 Å². The van der Waals surface area contributed by atoms with Crippen LogP contribution < -0.4 is 5.73 Å². The average molecular weight is 225 g/mol. The molecule has 2 unspecified atom stereocenters. The molecule has 2 N–H and O–H groups in total. The molecule has 0 spiro atoms. The van der Waals surface area contributed by atoms with E-state index in [1.807, 2.05) is 0 Å². The highest BCUT2D eigenvalue weighted by molar-refractivity contribution is 4.88. The average Bonchev–Trinajstić information content (AvgIpc) is 2.61. The molecule has 94 valence electrons. The summed E-state index contributed by atoms with van der Waals surface area (Å²) in [5.74, 6) is 0.901. The molecule has 16 heavy (non-hydrogen) atoms. The zero-order valence-electron chi connectivity index (χ0n) is 10.9. The van der Waals surface area contributed by atoms with Gasteiger partial charge in [0, 0.05) is 18.6 Å². The van der Waals surface area contributed by atoms with Gasteiger partial charge in [0.15, 0.2) is 0 Å². The summed E-state index contributed by atoms with van der Waals surface area (Å²) in [4.78, 5) is 5.21. The molecule has 2 aliphatic heterocycles. The first-order valence-corrected chi connectivity index (χ1v) is 6.85. The number of piperidine rings is 1. The van der Waals surface area contributed by atoms with Crippen LogP contribution in [0.15, 0.2) is 0 Å². The van der Waals surface area contributed by atoms with Crippen LogP contribution in [0, 0.1) is 5.92 Å². The number of nitrogens with two attached hydrogens (primary N) is 1. The van der Waals surface area contributed by atoms with E-state index in [-0.39, 0.29) is 0 Å². The van der Waals surface area contributed by atoms with Gasteiger partial charge in [0.2, 0.25) is 0 Å². The van der Waals surface area contributed by atoms with E-state index in [1.165, 1.54) is 45.3 Å². The van der Waals surface area contributed by atoms with Crippen LogP contribution in [0.4, 0.5) is 0 Å². The molecular formula is C13H27N3. The van der Waals surface area contributed by atoms with Gasteiger partial charge in [-0.1, -0.05) is 0 Å². The van der Waals surface area contributed by atoms with Gasteiger partial charge in [0.05, 0.1) is 0 Å². The minimum Gasteiger partial charge on any atom is -0.330 e. The quantitative estimate of drug-likeness (QED) is 0.782. The molecule has 0 aromatic heterocycles. The molecule has 0 bridgehead atoms. The van der Waals surface area contributed by atoms with Gasteiger partial charge in [0.25, 0.3) is 0 Å². The maximum atomic E-state index is 5.63. The Balaban J connectivity index is 1.77. The summed E-state index contributed by atoms with van der Waals surface area (Å²) >= 11 is 0. The van der Waals surface area contributed by atoms with E-state index in [4.69, 9.17) is 5.73 Å². The highest BCUT2D eigenvalue weighted by Crippen LogP contribution is 2.26. The fourth-order valence-corrected chi connectivity index (χ4v) is 3.27. The van der Waals surface area contributed by atoms with Gasteiger partial charge < -0.3 is 10.6 Å². The number of rotatable bonds is 3. The summed E-state index contributed by atoms with van der Waals surface area (Å²) in [7, 11) is 2.26. The van der Waals surface area contributed by atoms with Crippen LogP contribution in [0.3, 0.4) is 0 Å². The van der Waals surface area contributed by atoms with Crippen molar-refractivity contribution in [1.29, 1.82) is 0 Å². The van der Waals surface area contributed by atoms with Crippen LogP contribution >= 0.6 is 0 Å². The number of likely N-dealkylation sites (N-methyl/N-ethyl adjacent to an activating group) is 1. The van der Waals surface area contributed by atoms with Gasteiger partial charge in [-0.25, -0.2) is 0 Å². The van der Waals surface area contributed by atoms with E-state index in [0.717, 1.165) is 24.5 Å². The Labute approximate surface area is 100.0 Å². The van der Waals surface area contributed by atoms with Gasteiger partial charge in [-0.2, -0.15) is 0 Å². The highest BCUT2D eigenvalue weighted by Gasteiger charge is 2.32. The van der Waals surface area contributed by atoms with Crippen molar-refractivity contribution in [1.82, 2.24) is 9.80 Å². The van der Waals surface area contributed by atoms with Crippen molar-refractivity contribution in [3.8, 4) is 0 Å². The molecule has 0 amide bonds. The lowest BCUT2D eigenvalue weighted by atomic mass is 9.92. The summed E-state index contributed by atoms with van der Waals surface area (Å²) in [6.07, 6.45) is 5.32. The summed E-state index contributed by atoms with van der Waals surface area (Å²) in [6.45, 7) is 7.09. The van der Waals surface area contributed by atoms with Crippen molar-refractivity contribution in [2.24, 2.45) is 11.7 Å². The zero-order chi connectivity index (χ0) is 11.5. The Hall–Kier alpha value is -0.120. The topological polar surface area (TPSA) is 32.5 Å². The molecule has 0 aromatic carbocycles. The number of hydrogen-bond donors (Lipinski definition) is 1. The SMILES string of the molecule is CC1CC(N2CCC(CCN)CC2)CN1C. The third kappa shape index (κ3) is 2.76. The second-order valence-corrected chi connectivity index (χ2v) is 5.73. The maximum absolute atomic E-state index is 5.63. The molecule has 2 rings (SSSR count). The molecule has 3 nitrogen and oxygen atoms in total. The maximum Gasteiger partial charge on any atom is 0.0237 e. The summed E-state index contributed by atoms with van der Waals surface area (Å²) in [5.41, 5.74) is 5.63.